The van der Waals surface area contributed by atoms with Gasteiger partial charge in [0.1, 0.15) is 17.2 Å². The number of hydrogen-bond donors (Lipinski definition) is 0. The van der Waals surface area contributed by atoms with Gasteiger partial charge in [0.15, 0.2) is 5.78 Å². The molecule has 2 aromatic rings. The number of ether oxygens (including phenoxy) is 5. The molecule has 0 fully saturated rings. The van der Waals surface area contributed by atoms with E-state index in [9.17, 15) is 14.4 Å². The fourth-order valence-electron chi connectivity index (χ4n) is 4.49. The first-order chi connectivity index (χ1) is 22.0. The van der Waals surface area contributed by atoms with Crippen LogP contribution in [-0.4, -0.2) is 37.4 Å². The zero-order valence-electron chi connectivity index (χ0n) is 31.7. The fraction of sp³-hybridized carbons (Fsp3) is 0.575. The zero-order valence-corrected chi connectivity index (χ0v) is 31.7. The quantitative estimate of drug-likeness (QED) is 0.0802. The van der Waals surface area contributed by atoms with Gasteiger partial charge in [0, 0.05) is 22.3 Å². The highest BCUT2D eigenvalue weighted by molar-refractivity contribution is 6.07. The van der Waals surface area contributed by atoms with E-state index in [4.69, 9.17) is 23.7 Å². The summed E-state index contributed by atoms with van der Waals surface area (Å²) < 4.78 is 29.2. The molecule has 0 aliphatic carbocycles. The number of esters is 2. The van der Waals surface area contributed by atoms with Crippen LogP contribution in [-0.2, 0) is 29.9 Å². The first-order valence-electron chi connectivity index (χ1n) is 16.9. The minimum Gasteiger partial charge on any atom is -0.490 e. The lowest BCUT2D eigenvalue weighted by Gasteiger charge is -2.35. The van der Waals surface area contributed by atoms with Gasteiger partial charge >= 0.3 is 11.9 Å². The molecule has 0 aliphatic heterocycles. The summed E-state index contributed by atoms with van der Waals surface area (Å²) in [6.45, 7) is 27.0. The molecule has 0 bridgehead atoms. The molecule has 48 heavy (non-hydrogen) atoms. The Labute approximate surface area is 288 Å². The highest BCUT2D eigenvalue weighted by Crippen LogP contribution is 2.49. The van der Waals surface area contributed by atoms with E-state index in [1.165, 1.54) is 0 Å². The van der Waals surface area contributed by atoms with Crippen molar-refractivity contribution in [2.24, 2.45) is 10.8 Å². The summed E-state index contributed by atoms with van der Waals surface area (Å²) in [5.74, 6) is 0.834. The maximum atomic E-state index is 13.4. The van der Waals surface area contributed by atoms with Gasteiger partial charge in [-0.05, 0) is 122 Å². The van der Waals surface area contributed by atoms with Gasteiger partial charge in [0.2, 0.25) is 13.6 Å². The van der Waals surface area contributed by atoms with E-state index in [-0.39, 0.29) is 42.8 Å². The van der Waals surface area contributed by atoms with E-state index in [0.717, 1.165) is 29.5 Å². The summed E-state index contributed by atoms with van der Waals surface area (Å²) in [6, 6.07) is 8.71. The molecule has 0 N–H and O–H groups in total. The molecule has 0 saturated carbocycles. The van der Waals surface area contributed by atoms with Gasteiger partial charge in [-0.15, -0.1) is 0 Å². The fourth-order valence-corrected chi connectivity index (χ4v) is 4.49. The Balaban J connectivity index is 2.58. The van der Waals surface area contributed by atoms with Crippen molar-refractivity contribution in [1.29, 1.82) is 0 Å². The molecule has 0 aromatic heterocycles. The Hall–Kier alpha value is -3.81. The third kappa shape index (κ3) is 10.9. The molecule has 0 aliphatic rings. The van der Waals surface area contributed by atoms with E-state index in [2.05, 4.69) is 41.5 Å². The van der Waals surface area contributed by atoms with E-state index < -0.39 is 16.2 Å². The summed E-state index contributed by atoms with van der Waals surface area (Å²) in [7, 11) is 0. The van der Waals surface area contributed by atoms with Gasteiger partial charge in [0.05, 0.1) is 16.9 Å². The minimum atomic E-state index is -0.665. The van der Waals surface area contributed by atoms with Crippen LogP contribution in [0.5, 0.6) is 17.2 Å². The van der Waals surface area contributed by atoms with E-state index >= 15 is 0 Å². The molecule has 8 nitrogen and oxygen atoms in total. The number of carbonyl (C=O) groups excluding carboxylic acids is 3. The molecule has 266 valence electrons. The lowest BCUT2D eigenvalue weighted by atomic mass is 9.74. The second-order valence-corrected chi connectivity index (χ2v) is 15.8. The molecule has 0 heterocycles. The van der Waals surface area contributed by atoms with E-state index in [1.54, 1.807) is 78.0 Å². The lowest BCUT2D eigenvalue weighted by Crippen LogP contribution is -2.28. The van der Waals surface area contributed by atoms with Crippen molar-refractivity contribution >= 4 is 23.8 Å². The molecule has 0 unspecified atom stereocenters. The van der Waals surface area contributed by atoms with Crippen LogP contribution in [0.3, 0.4) is 0 Å². The highest BCUT2D eigenvalue weighted by Gasteiger charge is 2.35. The van der Waals surface area contributed by atoms with Gasteiger partial charge in [-0.1, -0.05) is 41.5 Å². The van der Waals surface area contributed by atoms with E-state index in [1.807, 2.05) is 19.9 Å². The van der Waals surface area contributed by atoms with Crippen molar-refractivity contribution in [2.75, 3.05) is 13.6 Å². The third-order valence-corrected chi connectivity index (χ3v) is 8.37. The monoisotopic (exact) mass is 666 g/mol. The summed E-state index contributed by atoms with van der Waals surface area (Å²) >= 11 is 0. The molecular formula is C40H58O8. The normalized spacial score (nSPS) is 12.6. The smallest absolute Gasteiger partial charge is 0.314 e. The number of rotatable bonds is 15. The Kier molecular flexibility index (Phi) is 13.5. The van der Waals surface area contributed by atoms with Crippen LogP contribution in [0.1, 0.15) is 137 Å². The standard InChI is InChI=1S/C40H58O8/c1-15-39(11,12)30-23-28(19-22-31(41)27-17-20-29(21-18-27)44-24-46-35(42)37(5,6)7)33(48-26(3)4)32(40(13,14)16-2)34(30)45-25-47-36(43)38(8,9)10/h17-23,26H,15-16,24-25H2,1-14H3/b22-19+. The van der Waals surface area contributed by atoms with Crippen LogP contribution in [0, 0.1) is 10.8 Å². The largest absolute Gasteiger partial charge is 0.490 e. The lowest BCUT2D eigenvalue weighted by molar-refractivity contribution is -0.160. The SMILES string of the molecule is CCC(C)(C)c1cc(/C=C/C(=O)c2ccc(OCOC(=O)C(C)(C)C)cc2)c(OC(C)C)c(C(C)(C)CC)c1OCOC(=O)C(C)(C)C. The van der Waals surface area contributed by atoms with Gasteiger partial charge in [-0.3, -0.25) is 14.4 Å². The van der Waals surface area contributed by atoms with Crippen molar-refractivity contribution in [3.05, 3.63) is 58.7 Å². The van der Waals surface area contributed by atoms with Crippen molar-refractivity contribution in [3.8, 4) is 17.2 Å². The Bertz CT molecular complexity index is 1450. The van der Waals surface area contributed by atoms with Crippen molar-refractivity contribution in [1.82, 2.24) is 0 Å². The van der Waals surface area contributed by atoms with Crippen molar-refractivity contribution < 1.29 is 38.1 Å². The molecule has 0 saturated heterocycles. The van der Waals surface area contributed by atoms with Gasteiger partial charge in [-0.2, -0.15) is 0 Å². The van der Waals surface area contributed by atoms with Crippen LogP contribution in [0.25, 0.3) is 6.08 Å². The summed E-state index contributed by atoms with van der Waals surface area (Å²) in [6.07, 6.45) is 4.77. The Morgan fingerprint density at radius 3 is 1.67 bits per heavy atom. The van der Waals surface area contributed by atoms with Crippen molar-refractivity contribution in [3.63, 3.8) is 0 Å². The minimum absolute atomic E-state index is 0.161. The van der Waals surface area contributed by atoms with Gasteiger partial charge < -0.3 is 23.7 Å². The summed E-state index contributed by atoms with van der Waals surface area (Å²) in [5.41, 5.74) is 1.03. The molecule has 2 aromatic carbocycles. The molecule has 8 heteroatoms. The van der Waals surface area contributed by atoms with Gasteiger partial charge in [-0.25, -0.2) is 0 Å². The maximum absolute atomic E-state index is 13.4. The number of carbonyl (C=O) groups is 3. The van der Waals surface area contributed by atoms with Gasteiger partial charge in [0.25, 0.3) is 0 Å². The van der Waals surface area contributed by atoms with Crippen LogP contribution >= 0.6 is 0 Å². The van der Waals surface area contributed by atoms with Crippen LogP contribution < -0.4 is 14.2 Å². The van der Waals surface area contributed by atoms with E-state index in [0.29, 0.717) is 22.8 Å². The van der Waals surface area contributed by atoms with Crippen LogP contribution in [0.4, 0.5) is 0 Å². The molecule has 0 radical (unpaired) electrons. The molecule has 2 rings (SSSR count). The summed E-state index contributed by atoms with van der Waals surface area (Å²) in [5, 5.41) is 0. The first kappa shape index (κ1) is 40.4. The first-order valence-corrected chi connectivity index (χ1v) is 16.9. The second kappa shape index (κ2) is 16.1. The second-order valence-electron chi connectivity index (χ2n) is 15.8. The number of ketones is 1. The highest BCUT2D eigenvalue weighted by atomic mass is 16.7. The Morgan fingerprint density at radius 2 is 1.21 bits per heavy atom. The molecule has 0 atom stereocenters. The van der Waals surface area contributed by atoms with Crippen molar-refractivity contribution in [2.45, 2.75) is 127 Å². The number of allylic oxidation sites excluding steroid dienone is 1. The topological polar surface area (TPSA) is 97.4 Å². The van der Waals surface area contributed by atoms with Crippen LogP contribution in [0.2, 0.25) is 0 Å². The molecular weight excluding hydrogens is 608 g/mol. The average Bonchev–Trinajstić information content (AvgIpc) is 2.99. The Morgan fingerprint density at radius 1 is 0.708 bits per heavy atom. The molecule has 0 spiro atoms. The third-order valence-electron chi connectivity index (χ3n) is 8.37. The number of hydrogen-bond acceptors (Lipinski definition) is 8. The predicted molar refractivity (Wildman–Crippen MR) is 191 cm³/mol. The average molecular weight is 667 g/mol. The molecule has 0 amide bonds. The predicted octanol–water partition coefficient (Wildman–Crippen LogP) is 9.60. The maximum Gasteiger partial charge on any atom is 0.314 e. The zero-order chi connectivity index (χ0) is 36.7. The van der Waals surface area contributed by atoms with Crippen LogP contribution in [0.15, 0.2) is 36.4 Å². The summed E-state index contributed by atoms with van der Waals surface area (Å²) in [4.78, 5) is 38.0. The number of benzene rings is 2.